The van der Waals surface area contributed by atoms with E-state index in [0.717, 1.165) is 16.9 Å². The van der Waals surface area contributed by atoms with E-state index in [9.17, 15) is 4.79 Å². The first kappa shape index (κ1) is 15.5. The summed E-state index contributed by atoms with van der Waals surface area (Å²) in [6.07, 6.45) is 0. The lowest BCUT2D eigenvalue weighted by Crippen LogP contribution is -2.22. The van der Waals surface area contributed by atoms with Crippen LogP contribution in [0.3, 0.4) is 0 Å². The number of amides is 1. The van der Waals surface area contributed by atoms with Crippen LogP contribution in [0.5, 0.6) is 0 Å². The molecule has 112 valence electrons. The van der Waals surface area contributed by atoms with Crippen molar-refractivity contribution in [2.24, 2.45) is 0 Å². The normalized spacial score (nSPS) is 12.0. The number of aromatic nitrogens is 1. The third kappa shape index (κ3) is 3.61. The molecule has 0 spiro atoms. The van der Waals surface area contributed by atoms with Crippen molar-refractivity contribution in [1.82, 2.24) is 10.3 Å². The molecule has 0 bridgehead atoms. The second kappa shape index (κ2) is 6.72. The summed E-state index contributed by atoms with van der Waals surface area (Å²) in [6, 6.07) is 5.90. The Hall–Kier alpha value is -1.88. The zero-order valence-electron chi connectivity index (χ0n) is 12.9. The maximum atomic E-state index is 11.9. The predicted octanol–water partition coefficient (Wildman–Crippen LogP) is 3.68. The van der Waals surface area contributed by atoms with Crippen molar-refractivity contribution in [3.8, 4) is 0 Å². The summed E-state index contributed by atoms with van der Waals surface area (Å²) >= 11 is 1.65. The number of carbonyl (C=O) groups is 1. The van der Waals surface area contributed by atoms with Gasteiger partial charge in [-0.05, 0) is 45.4 Å². The van der Waals surface area contributed by atoms with Crippen molar-refractivity contribution in [3.05, 3.63) is 45.4 Å². The van der Waals surface area contributed by atoms with Crippen molar-refractivity contribution < 1.29 is 4.79 Å². The highest BCUT2D eigenvalue weighted by Gasteiger charge is 2.13. The molecule has 1 amide bonds. The van der Waals surface area contributed by atoms with Crippen LogP contribution in [0.2, 0.25) is 0 Å². The Morgan fingerprint density at radius 2 is 2.14 bits per heavy atom. The van der Waals surface area contributed by atoms with E-state index in [2.05, 4.69) is 22.5 Å². The number of benzene rings is 1. The molecule has 21 heavy (non-hydrogen) atoms. The third-order valence-corrected chi connectivity index (χ3v) is 4.50. The smallest absolute Gasteiger partial charge is 0.251 e. The molecule has 0 saturated heterocycles. The van der Waals surface area contributed by atoms with Crippen LogP contribution in [0.4, 0.5) is 5.69 Å². The summed E-state index contributed by atoms with van der Waals surface area (Å²) in [4.78, 5) is 17.4. The Bertz CT molecular complexity index is 636. The predicted molar refractivity (Wildman–Crippen MR) is 88.1 cm³/mol. The van der Waals surface area contributed by atoms with Crippen LogP contribution in [-0.4, -0.2) is 17.4 Å². The quantitative estimate of drug-likeness (QED) is 0.886. The molecule has 1 aromatic carbocycles. The van der Waals surface area contributed by atoms with Crippen LogP contribution in [0.1, 0.15) is 46.4 Å². The molecule has 2 rings (SSSR count). The van der Waals surface area contributed by atoms with Crippen molar-refractivity contribution in [2.45, 2.75) is 33.7 Å². The second-order valence-corrected chi connectivity index (χ2v) is 5.94. The van der Waals surface area contributed by atoms with Crippen LogP contribution in [-0.2, 0) is 0 Å². The highest BCUT2D eigenvalue weighted by atomic mass is 32.1. The molecule has 0 saturated carbocycles. The van der Waals surface area contributed by atoms with Gasteiger partial charge in [-0.2, -0.15) is 0 Å². The largest absolute Gasteiger partial charge is 0.377 e. The van der Waals surface area contributed by atoms with Gasteiger partial charge in [0.15, 0.2) is 0 Å². The van der Waals surface area contributed by atoms with Crippen LogP contribution in [0.25, 0.3) is 0 Å². The average molecular weight is 303 g/mol. The minimum absolute atomic E-state index is 0.0397. The van der Waals surface area contributed by atoms with Gasteiger partial charge in [0.1, 0.15) is 0 Å². The van der Waals surface area contributed by atoms with Crippen LogP contribution < -0.4 is 10.6 Å². The maximum Gasteiger partial charge on any atom is 0.251 e. The Kier molecular flexibility index (Phi) is 4.96. The first-order valence-corrected chi connectivity index (χ1v) is 7.96. The van der Waals surface area contributed by atoms with Crippen molar-refractivity contribution in [2.75, 3.05) is 11.9 Å². The number of hydrogen-bond acceptors (Lipinski definition) is 4. The monoisotopic (exact) mass is 303 g/mol. The Morgan fingerprint density at radius 1 is 1.38 bits per heavy atom. The van der Waals surface area contributed by atoms with Crippen LogP contribution >= 0.6 is 11.3 Å². The molecule has 0 radical (unpaired) electrons. The summed E-state index contributed by atoms with van der Waals surface area (Å²) in [5.74, 6) is -0.0397. The SMILES string of the molecule is CCNC(=O)c1ccc(C)c(NC(C)c2scnc2C)c1. The van der Waals surface area contributed by atoms with E-state index in [4.69, 9.17) is 0 Å². The standard InChI is InChI=1S/C16H21N3OS/c1-5-17-16(20)13-7-6-10(2)14(8-13)19-12(4)15-11(3)18-9-21-15/h6-9,12,19H,5H2,1-4H3,(H,17,20). The van der Waals surface area contributed by atoms with Crippen LogP contribution in [0, 0.1) is 13.8 Å². The Labute approximate surface area is 129 Å². The molecule has 0 aliphatic carbocycles. The van der Waals surface area contributed by atoms with E-state index in [-0.39, 0.29) is 11.9 Å². The molecule has 2 aromatic rings. The first-order chi connectivity index (χ1) is 10.0. The molecule has 5 heteroatoms. The van der Waals surface area contributed by atoms with E-state index in [1.165, 1.54) is 4.88 Å². The van der Waals surface area contributed by atoms with E-state index in [1.54, 1.807) is 11.3 Å². The number of aryl methyl sites for hydroxylation is 2. The number of nitrogens with one attached hydrogen (secondary N) is 2. The Morgan fingerprint density at radius 3 is 2.76 bits per heavy atom. The van der Waals surface area contributed by atoms with Crippen LogP contribution in [0.15, 0.2) is 23.7 Å². The minimum Gasteiger partial charge on any atom is -0.377 e. The fourth-order valence-corrected chi connectivity index (χ4v) is 3.02. The van der Waals surface area contributed by atoms with Crippen molar-refractivity contribution in [3.63, 3.8) is 0 Å². The topological polar surface area (TPSA) is 54.0 Å². The number of nitrogens with zero attached hydrogens (tertiary/aromatic N) is 1. The minimum atomic E-state index is -0.0397. The van der Waals surface area contributed by atoms with Gasteiger partial charge >= 0.3 is 0 Å². The molecule has 1 atom stereocenters. The zero-order chi connectivity index (χ0) is 15.4. The summed E-state index contributed by atoms with van der Waals surface area (Å²) in [7, 11) is 0. The van der Waals surface area contributed by atoms with Gasteiger partial charge in [-0.3, -0.25) is 4.79 Å². The second-order valence-electron chi connectivity index (χ2n) is 5.06. The first-order valence-electron chi connectivity index (χ1n) is 7.08. The summed E-state index contributed by atoms with van der Waals surface area (Å²) in [5, 5.41) is 6.31. The lowest BCUT2D eigenvalue weighted by atomic mass is 10.1. The maximum absolute atomic E-state index is 11.9. The summed E-state index contributed by atoms with van der Waals surface area (Å²) in [6.45, 7) is 8.71. The summed E-state index contributed by atoms with van der Waals surface area (Å²) < 4.78 is 0. The van der Waals surface area contributed by atoms with Gasteiger partial charge in [0.2, 0.25) is 0 Å². The lowest BCUT2D eigenvalue weighted by molar-refractivity contribution is 0.0956. The van der Waals surface area contributed by atoms with Gasteiger partial charge in [-0.15, -0.1) is 11.3 Å². The van der Waals surface area contributed by atoms with Gasteiger partial charge < -0.3 is 10.6 Å². The molecule has 0 aliphatic rings. The molecule has 1 heterocycles. The molecular weight excluding hydrogens is 282 g/mol. The Balaban J connectivity index is 2.21. The number of rotatable bonds is 5. The third-order valence-electron chi connectivity index (χ3n) is 3.39. The van der Waals surface area contributed by atoms with Gasteiger partial charge in [0.05, 0.1) is 17.2 Å². The molecule has 2 N–H and O–H groups in total. The lowest BCUT2D eigenvalue weighted by Gasteiger charge is -2.17. The highest BCUT2D eigenvalue weighted by Crippen LogP contribution is 2.27. The van der Waals surface area contributed by atoms with E-state index >= 15 is 0 Å². The number of anilines is 1. The fraction of sp³-hybridized carbons (Fsp3) is 0.375. The molecule has 1 unspecified atom stereocenters. The average Bonchev–Trinajstić information content (AvgIpc) is 2.87. The molecule has 4 nitrogen and oxygen atoms in total. The number of hydrogen-bond donors (Lipinski definition) is 2. The van der Waals surface area contributed by atoms with Crippen molar-refractivity contribution in [1.29, 1.82) is 0 Å². The summed E-state index contributed by atoms with van der Waals surface area (Å²) in [5.41, 5.74) is 5.70. The highest BCUT2D eigenvalue weighted by molar-refractivity contribution is 7.09. The number of thiazole rings is 1. The van der Waals surface area contributed by atoms with E-state index in [1.807, 2.05) is 44.5 Å². The molecule has 0 fully saturated rings. The van der Waals surface area contributed by atoms with Gasteiger partial charge in [-0.25, -0.2) is 4.98 Å². The molecule has 0 aliphatic heterocycles. The van der Waals surface area contributed by atoms with Gasteiger partial charge in [-0.1, -0.05) is 6.07 Å². The molecular formula is C16H21N3OS. The van der Waals surface area contributed by atoms with E-state index in [0.29, 0.717) is 12.1 Å². The van der Waals surface area contributed by atoms with Gasteiger partial charge in [0.25, 0.3) is 5.91 Å². The van der Waals surface area contributed by atoms with Gasteiger partial charge in [0, 0.05) is 22.7 Å². The number of carbonyl (C=O) groups excluding carboxylic acids is 1. The fourth-order valence-electron chi connectivity index (χ4n) is 2.21. The van der Waals surface area contributed by atoms with E-state index < -0.39 is 0 Å². The zero-order valence-corrected chi connectivity index (χ0v) is 13.7. The molecule has 1 aromatic heterocycles. The van der Waals surface area contributed by atoms with Crippen molar-refractivity contribution >= 4 is 22.9 Å².